The molecule has 7 nitrogen and oxygen atoms in total. The van der Waals surface area contributed by atoms with Gasteiger partial charge in [-0.1, -0.05) is 12.1 Å². The van der Waals surface area contributed by atoms with Crippen LogP contribution in [0.4, 0.5) is 0 Å². The summed E-state index contributed by atoms with van der Waals surface area (Å²) in [5.41, 5.74) is 5.77. The summed E-state index contributed by atoms with van der Waals surface area (Å²) in [4.78, 5) is 16.0. The molecule has 0 radical (unpaired) electrons. The van der Waals surface area contributed by atoms with Crippen molar-refractivity contribution < 1.29 is 13.2 Å². The Bertz CT molecular complexity index is 654. The van der Waals surface area contributed by atoms with Crippen LogP contribution in [0.3, 0.4) is 0 Å². The predicted octanol–water partition coefficient (Wildman–Crippen LogP) is -0.811. The number of rotatable bonds is 4. The van der Waals surface area contributed by atoms with Gasteiger partial charge in [0.05, 0.1) is 4.90 Å². The van der Waals surface area contributed by atoms with Gasteiger partial charge in [0, 0.05) is 18.7 Å². The second-order valence-corrected chi connectivity index (χ2v) is 5.99. The Balaban J connectivity index is 2.27. The summed E-state index contributed by atoms with van der Waals surface area (Å²) in [6.07, 6.45) is 0. The normalized spacial score (nSPS) is 19.2. The predicted molar refractivity (Wildman–Crippen MR) is 74.8 cm³/mol. The molecule has 2 rings (SSSR count). The molecule has 0 spiro atoms. The molecule has 0 fully saturated rings. The number of carbonyl (C=O) groups excluding carboxylic acids is 1. The first kappa shape index (κ1) is 14.5. The summed E-state index contributed by atoms with van der Waals surface area (Å²) in [6, 6.07) is 5.80. The average molecular weight is 296 g/mol. The van der Waals surface area contributed by atoms with Crippen molar-refractivity contribution in [3.63, 3.8) is 0 Å². The fraction of sp³-hybridized carbons (Fsp3) is 0.333. The quantitative estimate of drug-likeness (QED) is 0.674. The van der Waals surface area contributed by atoms with Crippen LogP contribution in [0.5, 0.6) is 0 Å². The van der Waals surface area contributed by atoms with E-state index in [0.717, 1.165) is 0 Å². The van der Waals surface area contributed by atoms with Crippen molar-refractivity contribution in [2.45, 2.75) is 17.9 Å². The molecule has 8 heteroatoms. The number of nitrogens with one attached hydrogen (secondary N) is 2. The summed E-state index contributed by atoms with van der Waals surface area (Å²) in [6.45, 7) is 2.29. The van der Waals surface area contributed by atoms with Gasteiger partial charge in [-0.3, -0.25) is 14.5 Å². The lowest BCUT2D eigenvalue weighted by Crippen LogP contribution is -2.36. The van der Waals surface area contributed by atoms with Crippen molar-refractivity contribution in [3.05, 3.63) is 29.8 Å². The summed E-state index contributed by atoms with van der Waals surface area (Å²) < 4.78 is 26.1. The summed E-state index contributed by atoms with van der Waals surface area (Å²) in [7, 11) is -3.58. The molecule has 0 aromatic heterocycles. The number of nitrogens with two attached hydrogens (primary N) is 1. The molecule has 0 bridgehead atoms. The van der Waals surface area contributed by atoms with Gasteiger partial charge in [-0.05, 0) is 19.1 Å². The molecule has 0 aliphatic carbocycles. The van der Waals surface area contributed by atoms with Gasteiger partial charge in [0.2, 0.25) is 5.91 Å². The number of nitrogens with zero attached hydrogens (tertiary/aromatic N) is 1. The van der Waals surface area contributed by atoms with E-state index in [-0.39, 0.29) is 16.6 Å². The molecule has 1 aromatic carbocycles. The van der Waals surface area contributed by atoms with Crippen LogP contribution >= 0.6 is 0 Å². The number of fused-ring (bicyclic) bond motifs is 1. The van der Waals surface area contributed by atoms with Crippen molar-refractivity contribution >= 4 is 21.8 Å². The van der Waals surface area contributed by atoms with E-state index >= 15 is 0 Å². The third kappa shape index (κ3) is 2.81. The Kier molecular flexibility index (Phi) is 4.05. The minimum atomic E-state index is -3.58. The van der Waals surface area contributed by atoms with Crippen LogP contribution in [-0.2, 0) is 14.8 Å². The van der Waals surface area contributed by atoms with E-state index in [1.165, 1.54) is 6.07 Å². The first-order valence-corrected chi connectivity index (χ1v) is 7.62. The lowest BCUT2D eigenvalue weighted by Gasteiger charge is -2.08. The second kappa shape index (κ2) is 5.59. The molecule has 1 unspecified atom stereocenters. The van der Waals surface area contributed by atoms with Crippen LogP contribution in [-0.4, -0.2) is 39.3 Å². The zero-order valence-electron chi connectivity index (χ0n) is 11.0. The maximum atomic E-state index is 11.9. The number of hydrogen-bond acceptors (Lipinski definition) is 5. The smallest absolute Gasteiger partial charge is 0.263 e. The van der Waals surface area contributed by atoms with Gasteiger partial charge in [-0.15, -0.1) is 0 Å². The molecular formula is C12H16N4O3S. The highest BCUT2D eigenvalue weighted by Crippen LogP contribution is 2.22. The van der Waals surface area contributed by atoms with E-state index in [4.69, 9.17) is 5.73 Å². The minimum Gasteiger partial charge on any atom is -0.353 e. The van der Waals surface area contributed by atoms with Crippen molar-refractivity contribution in [1.29, 1.82) is 0 Å². The highest BCUT2D eigenvalue weighted by Gasteiger charge is 2.30. The number of benzene rings is 1. The van der Waals surface area contributed by atoms with Crippen molar-refractivity contribution in [1.82, 2.24) is 10.0 Å². The summed E-state index contributed by atoms with van der Waals surface area (Å²) in [5.74, 6) is -0.109. The van der Waals surface area contributed by atoms with Crippen LogP contribution in [0.2, 0.25) is 0 Å². The Morgan fingerprint density at radius 2 is 2.15 bits per heavy atom. The number of hydrogen-bond donors (Lipinski definition) is 3. The zero-order valence-corrected chi connectivity index (χ0v) is 11.8. The number of amides is 1. The fourth-order valence-corrected chi connectivity index (χ4v) is 3.06. The lowest BCUT2D eigenvalue weighted by atomic mass is 10.2. The zero-order chi connectivity index (χ0) is 14.8. The van der Waals surface area contributed by atoms with Crippen molar-refractivity contribution in [3.8, 4) is 0 Å². The number of amidine groups is 1. The Morgan fingerprint density at radius 1 is 1.45 bits per heavy atom. The van der Waals surface area contributed by atoms with Crippen LogP contribution < -0.4 is 15.8 Å². The summed E-state index contributed by atoms with van der Waals surface area (Å²) >= 11 is 0. The van der Waals surface area contributed by atoms with Crippen LogP contribution in [0.15, 0.2) is 34.2 Å². The first-order valence-electron chi connectivity index (χ1n) is 6.13. The molecule has 1 amide bonds. The van der Waals surface area contributed by atoms with Gasteiger partial charge < -0.3 is 11.1 Å². The molecule has 1 aromatic rings. The molecule has 1 aliphatic rings. The first-order chi connectivity index (χ1) is 9.45. The van der Waals surface area contributed by atoms with E-state index in [0.29, 0.717) is 18.7 Å². The third-order valence-corrected chi connectivity index (χ3v) is 4.21. The second-order valence-electron chi connectivity index (χ2n) is 4.34. The van der Waals surface area contributed by atoms with E-state index < -0.39 is 16.1 Å². The molecule has 20 heavy (non-hydrogen) atoms. The van der Waals surface area contributed by atoms with Gasteiger partial charge >= 0.3 is 0 Å². The summed E-state index contributed by atoms with van der Waals surface area (Å²) in [5, 5.41) is 2.60. The highest BCUT2D eigenvalue weighted by atomic mass is 32.2. The maximum Gasteiger partial charge on any atom is 0.263 e. The number of carbonyl (C=O) groups is 1. The van der Waals surface area contributed by atoms with E-state index in [1.807, 2.05) is 0 Å². The molecule has 1 heterocycles. The fourth-order valence-electron chi connectivity index (χ4n) is 1.83. The van der Waals surface area contributed by atoms with E-state index in [9.17, 15) is 13.2 Å². The van der Waals surface area contributed by atoms with Gasteiger partial charge in [-0.25, -0.2) is 8.42 Å². The van der Waals surface area contributed by atoms with Gasteiger partial charge in [0.1, 0.15) is 11.9 Å². The topological polar surface area (TPSA) is 114 Å². The number of sulfonamides is 1. The standard InChI is InChI=1S/C12H16N4O3S/c1-8(12(17)14-7-6-13)15-11-9-4-2-3-5-10(9)20(18,19)16-11/h2-5,8H,6-7,13H2,1H3,(H,14,17)(H,15,16). The largest absolute Gasteiger partial charge is 0.353 e. The maximum absolute atomic E-state index is 11.9. The molecule has 1 atom stereocenters. The molecule has 0 saturated carbocycles. The van der Waals surface area contributed by atoms with Gasteiger partial charge in [-0.2, -0.15) is 0 Å². The monoisotopic (exact) mass is 296 g/mol. The Hall–Kier alpha value is -1.93. The van der Waals surface area contributed by atoms with Crippen LogP contribution in [0.25, 0.3) is 0 Å². The Labute approximate surface area is 117 Å². The van der Waals surface area contributed by atoms with E-state index in [1.54, 1.807) is 25.1 Å². The molecule has 108 valence electrons. The SMILES string of the molecule is CC(N=C1NS(=O)(=O)c2ccccc21)C(=O)NCCN. The van der Waals surface area contributed by atoms with Crippen molar-refractivity contribution in [2.24, 2.45) is 10.7 Å². The highest BCUT2D eigenvalue weighted by molar-refractivity contribution is 7.90. The Morgan fingerprint density at radius 3 is 2.85 bits per heavy atom. The molecule has 4 N–H and O–H groups in total. The molecule has 0 saturated heterocycles. The average Bonchev–Trinajstić information content (AvgIpc) is 2.68. The lowest BCUT2D eigenvalue weighted by molar-refractivity contribution is -0.121. The van der Waals surface area contributed by atoms with Crippen LogP contribution in [0.1, 0.15) is 12.5 Å². The minimum absolute atomic E-state index is 0.174. The van der Waals surface area contributed by atoms with E-state index in [2.05, 4.69) is 15.0 Å². The van der Waals surface area contributed by atoms with Gasteiger partial charge in [0.25, 0.3) is 10.0 Å². The number of aliphatic imine (C=N–C) groups is 1. The van der Waals surface area contributed by atoms with Crippen molar-refractivity contribution in [2.75, 3.05) is 13.1 Å². The third-order valence-electron chi connectivity index (χ3n) is 2.81. The molecular weight excluding hydrogens is 280 g/mol. The van der Waals surface area contributed by atoms with Crippen LogP contribution in [0, 0.1) is 0 Å². The van der Waals surface area contributed by atoms with Gasteiger partial charge in [0.15, 0.2) is 0 Å². The molecule has 1 aliphatic heterocycles.